The Labute approximate surface area is 136 Å². The molecule has 3 heterocycles. The standard InChI is InChI=1S/C13H17N7O4/c1-8-11(9(2)21)15-18-20(8)13-12(16-24-17-13)14-10(22)7-19-3-5-23-6-4-19/h3-7H2,1-2H3,(H,14,16,22). The van der Waals surface area contributed by atoms with Gasteiger partial charge in [0.1, 0.15) is 0 Å². The lowest BCUT2D eigenvalue weighted by molar-refractivity contribution is -0.118. The Hall–Kier alpha value is -2.66. The molecule has 1 amide bonds. The lowest BCUT2D eigenvalue weighted by atomic mass is 10.2. The molecule has 0 atom stereocenters. The Bertz CT molecular complexity index is 747. The van der Waals surface area contributed by atoms with Gasteiger partial charge in [0.25, 0.3) is 0 Å². The van der Waals surface area contributed by atoms with Crippen molar-refractivity contribution < 1.29 is 19.0 Å². The molecule has 11 heteroatoms. The van der Waals surface area contributed by atoms with Crippen LogP contribution in [0.25, 0.3) is 5.82 Å². The highest BCUT2D eigenvalue weighted by Crippen LogP contribution is 2.17. The van der Waals surface area contributed by atoms with E-state index < -0.39 is 0 Å². The van der Waals surface area contributed by atoms with E-state index in [4.69, 9.17) is 9.37 Å². The number of hydrogen-bond acceptors (Lipinski definition) is 9. The predicted molar refractivity (Wildman–Crippen MR) is 79.8 cm³/mol. The number of aromatic nitrogens is 5. The summed E-state index contributed by atoms with van der Waals surface area (Å²) in [5, 5.41) is 17.7. The van der Waals surface area contributed by atoms with Crippen molar-refractivity contribution in [2.45, 2.75) is 13.8 Å². The molecule has 128 valence electrons. The third kappa shape index (κ3) is 3.31. The molecule has 1 aliphatic rings. The smallest absolute Gasteiger partial charge is 0.244 e. The van der Waals surface area contributed by atoms with E-state index in [2.05, 4.69) is 25.9 Å². The highest BCUT2D eigenvalue weighted by atomic mass is 16.6. The molecule has 11 nitrogen and oxygen atoms in total. The number of nitrogens with one attached hydrogen (secondary N) is 1. The van der Waals surface area contributed by atoms with Crippen molar-refractivity contribution in [1.29, 1.82) is 0 Å². The summed E-state index contributed by atoms with van der Waals surface area (Å²) in [6.07, 6.45) is 0. The number of Topliss-reactive ketones (excluding diaryl/α,β-unsaturated/α-hetero) is 1. The van der Waals surface area contributed by atoms with Gasteiger partial charge in [-0.15, -0.1) is 5.10 Å². The van der Waals surface area contributed by atoms with Crippen LogP contribution in [0.15, 0.2) is 4.63 Å². The Morgan fingerprint density at radius 1 is 1.25 bits per heavy atom. The molecule has 1 aliphatic heterocycles. The molecule has 0 unspecified atom stereocenters. The number of ether oxygens (including phenoxy) is 1. The number of carbonyl (C=O) groups is 2. The van der Waals surface area contributed by atoms with Gasteiger partial charge < -0.3 is 10.1 Å². The fourth-order valence-corrected chi connectivity index (χ4v) is 2.39. The van der Waals surface area contributed by atoms with Crippen molar-refractivity contribution in [1.82, 2.24) is 30.2 Å². The maximum Gasteiger partial charge on any atom is 0.244 e. The van der Waals surface area contributed by atoms with E-state index >= 15 is 0 Å². The Morgan fingerprint density at radius 2 is 2.00 bits per heavy atom. The van der Waals surface area contributed by atoms with Gasteiger partial charge in [0.05, 0.1) is 25.5 Å². The molecule has 0 aliphatic carbocycles. The number of nitrogens with zero attached hydrogens (tertiary/aromatic N) is 6. The summed E-state index contributed by atoms with van der Waals surface area (Å²) in [6, 6.07) is 0. The number of ketones is 1. The van der Waals surface area contributed by atoms with Crippen LogP contribution in [0.1, 0.15) is 23.1 Å². The summed E-state index contributed by atoms with van der Waals surface area (Å²) in [5.74, 6) is -0.175. The van der Waals surface area contributed by atoms with E-state index in [-0.39, 0.29) is 35.6 Å². The van der Waals surface area contributed by atoms with Crippen LogP contribution in [0, 0.1) is 6.92 Å². The van der Waals surface area contributed by atoms with Gasteiger partial charge in [-0.1, -0.05) is 5.21 Å². The van der Waals surface area contributed by atoms with Crippen molar-refractivity contribution in [3.05, 3.63) is 11.4 Å². The van der Waals surface area contributed by atoms with Crippen molar-refractivity contribution >= 4 is 17.5 Å². The third-order valence-corrected chi connectivity index (χ3v) is 3.63. The monoisotopic (exact) mass is 335 g/mol. The summed E-state index contributed by atoms with van der Waals surface area (Å²) in [5.41, 5.74) is 0.713. The molecule has 2 aromatic rings. The first kappa shape index (κ1) is 16.2. The summed E-state index contributed by atoms with van der Waals surface area (Å²) in [6.45, 7) is 5.89. The molecule has 1 fully saturated rings. The SMILES string of the molecule is CC(=O)c1nnn(-c2nonc2NC(=O)CN2CCOCC2)c1C. The van der Waals surface area contributed by atoms with Gasteiger partial charge in [-0.05, 0) is 17.2 Å². The Balaban J connectivity index is 1.73. The van der Waals surface area contributed by atoms with Crippen LogP contribution in [0.2, 0.25) is 0 Å². The Morgan fingerprint density at radius 3 is 2.67 bits per heavy atom. The first-order valence-electron chi connectivity index (χ1n) is 7.42. The number of carbonyl (C=O) groups excluding carboxylic acids is 2. The molecule has 0 radical (unpaired) electrons. The van der Waals surface area contributed by atoms with E-state index in [0.29, 0.717) is 32.0 Å². The van der Waals surface area contributed by atoms with Crippen LogP contribution in [0.4, 0.5) is 5.82 Å². The first-order chi connectivity index (χ1) is 11.6. The van der Waals surface area contributed by atoms with Gasteiger partial charge in [-0.2, -0.15) is 4.68 Å². The van der Waals surface area contributed by atoms with Crippen LogP contribution >= 0.6 is 0 Å². The number of morpholine rings is 1. The van der Waals surface area contributed by atoms with Crippen molar-refractivity contribution in [3.63, 3.8) is 0 Å². The van der Waals surface area contributed by atoms with Crippen LogP contribution in [0.5, 0.6) is 0 Å². The van der Waals surface area contributed by atoms with Crippen LogP contribution < -0.4 is 5.32 Å². The zero-order valence-corrected chi connectivity index (χ0v) is 13.4. The maximum atomic E-state index is 12.2. The minimum Gasteiger partial charge on any atom is -0.379 e. The van der Waals surface area contributed by atoms with Gasteiger partial charge in [0.15, 0.2) is 11.5 Å². The van der Waals surface area contributed by atoms with Gasteiger partial charge >= 0.3 is 0 Å². The van der Waals surface area contributed by atoms with Gasteiger partial charge in [-0.25, -0.2) is 4.63 Å². The van der Waals surface area contributed by atoms with Crippen LogP contribution in [0.3, 0.4) is 0 Å². The lowest BCUT2D eigenvalue weighted by Crippen LogP contribution is -2.41. The Kier molecular flexibility index (Phi) is 4.62. The second kappa shape index (κ2) is 6.84. The molecule has 2 aromatic heterocycles. The average Bonchev–Trinajstić information content (AvgIpc) is 3.14. The molecule has 0 bridgehead atoms. The average molecular weight is 335 g/mol. The first-order valence-corrected chi connectivity index (χ1v) is 7.42. The quantitative estimate of drug-likeness (QED) is 0.714. The van der Waals surface area contributed by atoms with Gasteiger partial charge in [0, 0.05) is 20.0 Å². The zero-order chi connectivity index (χ0) is 17.1. The second-order valence-corrected chi connectivity index (χ2v) is 5.36. The highest BCUT2D eigenvalue weighted by Gasteiger charge is 2.22. The number of anilines is 1. The molecule has 0 spiro atoms. The zero-order valence-electron chi connectivity index (χ0n) is 13.4. The summed E-state index contributed by atoms with van der Waals surface area (Å²) < 4.78 is 11.2. The maximum absolute atomic E-state index is 12.2. The van der Waals surface area contributed by atoms with Crippen molar-refractivity contribution in [2.75, 3.05) is 38.2 Å². The van der Waals surface area contributed by atoms with Gasteiger partial charge in [-0.3, -0.25) is 14.5 Å². The van der Waals surface area contributed by atoms with E-state index in [1.807, 2.05) is 4.90 Å². The van der Waals surface area contributed by atoms with Crippen molar-refractivity contribution in [3.8, 4) is 5.82 Å². The summed E-state index contributed by atoms with van der Waals surface area (Å²) in [4.78, 5) is 25.6. The van der Waals surface area contributed by atoms with Crippen molar-refractivity contribution in [2.24, 2.45) is 0 Å². The molecule has 0 saturated carbocycles. The number of hydrogen-bond donors (Lipinski definition) is 1. The molecular formula is C13H17N7O4. The second-order valence-electron chi connectivity index (χ2n) is 5.36. The summed E-state index contributed by atoms with van der Waals surface area (Å²) in [7, 11) is 0. The largest absolute Gasteiger partial charge is 0.379 e. The van der Waals surface area contributed by atoms with Gasteiger partial charge in [0.2, 0.25) is 17.5 Å². The normalized spacial score (nSPS) is 15.4. The minimum absolute atomic E-state index is 0.122. The number of amides is 1. The lowest BCUT2D eigenvalue weighted by Gasteiger charge is -2.25. The topological polar surface area (TPSA) is 128 Å². The molecule has 0 aromatic carbocycles. The van der Waals surface area contributed by atoms with E-state index in [0.717, 1.165) is 0 Å². The predicted octanol–water partition coefficient (Wildman–Crippen LogP) is -0.568. The molecule has 24 heavy (non-hydrogen) atoms. The third-order valence-electron chi connectivity index (χ3n) is 3.63. The van der Waals surface area contributed by atoms with Crippen LogP contribution in [-0.2, 0) is 9.53 Å². The summed E-state index contributed by atoms with van der Waals surface area (Å²) >= 11 is 0. The molecular weight excluding hydrogens is 318 g/mol. The fraction of sp³-hybridized carbons (Fsp3) is 0.538. The fourth-order valence-electron chi connectivity index (χ4n) is 2.39. The van der Waals surface area contributed by atoms with E-state index in [9.17, 15) is 9.59 Å². The molecule has 1 saturated heterocycles. The minimum atomic E-state index is -0.251. The molecule has 1 N–H and O–H groups in total. The highest BCUT2D eigenvalue weighted by molar-refractivity contribution is 5.94. The van der Waals surface area contributed by atoms with E-state index in [1.54, 1.807) is 6.92 Å². The number of rotatable bonds is 5. The molecule has 3 rings (SSSR count). The van der Waals surface area contributed by atoms with E-state index in [1.165, 1.54) is 11.6 Å². The van der Waals surface area contributed by atoms with Crippen LogP contribution in [-0.4, -0.2) is 74.7 Å².